The normalized spacial score (nSPS) is 35.1. The molecule has 1 aromatic carbocycles. The maximum Gasteiger partial charge on any atom is 0.255 e. The number of hydrogen-bond acceptors (Lipinski definition) is 9. The molecule has 2 fully saturated rings. The van der Waals surface area contributed by atoms with Crippen molar-refractivity contribution >= 4 is 23.2 Å². The second kappa shape index (κ2) is 7.89. The number of Topliss-reactive ketones (excluding diaryl/α,β-unsaturated/α-hetero) is 2. The maximum atomic E-state index is 13.8. The Morgan fingerprint density at radius 2 is 1.68 bits per heavy atom. The lowest BCUT2D eigenvalue weighted by atomic mass is 9.53. The summed E-state index contributed by atoms with van der Waals surface area (Å²) in [5, 5.41) is 67.6. The number of primary amides is 1. The first-order valence-electron chi connectivity index (χ1n) is 12.5. The van der Waals surface area contributed by atoms with Crippen LogP contribution in [0.25, 0.3) is 5.76 Å². The lowest BCUT2D eigenvalue weighted by Crippen LogP contribution is -2.75. The van der Waals surface area contributed by atoms with Crippen molar-refractivity contribution in [3.05, 3.63) is 45.7 Å². The third-order valence-electron chi connectivity index (χ3n) is 9.24. The molecule has 4 aliphatic rings. The highest BCUT2D eigenvalue weighted by Gasteiger charge is 2.72. The molecule has 1 aromatic rings. The Kier molecular flexibility index (Phi) is 5.43. The van der Waals surface area contributed by atoms with Gasteiger partial charge in [0.15, 0.2) is 11.5 Å². The number of fused-ring (bicyclic) bond motifs is 3. The van der Waals surface area contributed by atoms with E-state index in [2.05, 4.69) is 0 Å². The van der Waals surface area contributed by atoms with Gasteiger partial charge in [-0.25, -0.2) is 0 Å². The average Bonchev–Trinajstić information content (AvgIpc) is 2.82. The summed E-state index contributed by atoms with van der Waals surface area (Å²) < 4.78 is 0. The Hall–Kier alpha value is -3.21. The summed E-state index contributed by atoms with van der Waals surface area (Å²) in [4.78, 5) is 38.2. The Labute approximate surface area is 212 Å². The lowest BCUT2D eigenvalue weighted by molar-refractivity contribution is -0.222. The van der Waals surface area contributed by atoms with Crippen molar-refractivity contribution in [3.63, 3.8) is 0 Å². The van der Waals surface area contributed by atoms with Crippen LogP contribution in [0.1, 0.15) is 75.0 Å². The Balaban J connectivity index is 1.76. The molecule has 1 amide bonds. The van der Waals surface area contributed by atoms with Gasteiger partial charge in [0, 0.05) is 23.5 Å². The molecule has 5 atom stereocenters. The molecule has 10 nitrogen and oxygen atoms in total. The van der Waals surface area contributed by atoms with Crippen LogP contribution in [-0.2, 0) is 19.8 Å². The van der Waals surface area contributed by atoms with Gasteiger partial charge in [-0.15, -0.1) is 0 Å². The van der Waals surface area contributed by atoms with Crippen LogP contribution < -0.4 is 5.73 Å². The molecule has 0 spiro atoms. The highest BCUT2D eigenvalue weighted by molar-refractivity contribution is 6.23. The Morgan fingerprint density at radius 1 is 1.05 bits per heavy atom. The number of carbonyl (C=O) groups is 3. The number of benzene rings is 1. The molecule has 4 aliphatic carbocycles. The monoisotopic (exact) mass is 513 g/mol. The first-order valence-corrected chi connectivity index (χ1v) is 12.5. The van der Waals surface area contributed by atoms with Gasteiger partial charge in [-0.1, -0.05) is 45.2 Å². The van der Waals surface area contributed by atoms with Crippen LogP contribution in [0.15, 0.2) is 29.0 Å². The highest BCUT2D eigenvalue weighted by atomic mass is 16.4. The molecule has 0 bridgehead atoms. The maximum absolute atomic E-state index is 13.8. The molecule has 37 heavy (non-hydrogen) atoms. The summed E-state index contributed by atoms with van der Waals surface area (Å²) in [5.74, 6) is -8.42. The fourth-order valence-corrected chi connectivity index (χ4v) is 7.10. The number of carbonyl (C=O) groups excluding carboxylic acids is 3. The van der Waals surface area contributed by atoms with Crippen molar-refractivity contribution in [2.45, 2.75) is 81.0 Å². The van der Waals surface area contributed by atoms with Gasteiger partial charge in [0.2, 0.25) is 11.4 Å². The van der Waals surface area contributed by atoms with E-state index in [0.29, 0.717) is 11.1 Å². The molecule has 0 radical (unpaired) electrons. The van der Waals surface area contributed by atoms with Crippen molar-refractivity contribution in [1.82, 2.24) is 0 Å². The van der Waals surface area contributed by atoms with Crippen LogP contribution >= 0.6 is 0 Å². The van der Waals surface area contributed by atoms with E-state index < -0.39 is 75.7 Å². The van der Waals surface area contributed by atoms with Crippen LogP contribution in [-0.4, -0.2) is 65.4 Å². The summed E-state index contributed by atoms with van der Waals surface area (Å²) in [5.41, 5.74) is -2.02. The number of aliphatic hydroxyl groups is 5. The van der Waals surface area contributed by atoms with Crippen LogP contribution in [0.5, 0.6) is 5.75 Å². The summed E-state index contributed by atoms with van der Waals surface area (Å²) >= 11 is 0. The van der Waals surface area contributed by atoms with E-state index in [1.807, 2.05) is 6.92 Å². The SMILES string of the molecule is C[C@H]1c2ccc(C3(C)CCCCC3)c(O)c2C(O)=C2C(=O)[C@]3(O)C(O)=C(C(N)=O)C(=O)C[C@]3(O)[C@@H](O)[C@@H]21. The van der Waals surface area contributed by atoms with Gasteiger partial charge >= 0.3 is 0 Å². The highest BCUT2D eigenvalue weighted by Crippen LogP contribution is 2.58. The van der Waals surface area contributed by atoms with Gasteiger partial charge in [0.1, 0.15) is 22.7 Å². The standard InChI is InChI=1S/C27H31NO9/c1-11-12-6-7-13(25(2)8-4-3-5-9-25)19(30)16(12)20(31)18-15(11)21(32)26(36)10-14(29)17(24(28)35)22(33)27(26,37)23(18)34/h6-7,11,15,21,30-33,36-37H,3-5,8-10H2,1-2H3,(H2,28,35)/t11-,15+,21-,26-,27+/m0/s1. The average molecular weight is 514 g/mol. The van der Waals surface area contributed by atoms with E-state index in [-0.39, 0.29) is 16.7 Å². The first kappa shape index (κ1) is 25.4. The van der Waals surface area contributed by atoms with Gasteiger partial charge in [-0.2, -0.15) is 0 Å². The van der Waals surface area contributed by atoms with Crippen LogP contribution in [0.4, 0.5) is 0 Å². The van der Waals surface area contributed by atoms with Crippen molar-refractivity contribution in [2.24, 2.45) is 11.7 Å². The predicted molar refractivity (Wildman–Crippen MR) is 129 cm³/mol. The van der Waals surface area contributed by atoms with Gasteiger partial charge in [-0.05, 0) is 29.7 Å². The smallest absolute Gasteiger partial charge is 0.255 e. The number of ketones is 2. The predicted octanol–water partition coefficient (Wildman–Crippen LogP) is 1.29. The van der Waals surface area contributed by atoms with E-state index >= 15 is 0 Å². The van der Waals surface area contributed by atoms with Crippen LogP contribution in [0, 0.1) is 5.92 Å². The molecule has 198 valence electrons. The molecule has 0 heterocycles. The van der Waals surface area contributed by atoms with E-state index in [0.717, 1.165) is 32.1 Å². The van der Waals surface area contributed by atoms with E-state index in [4.69, 9.17) is 5.73 Å². The Morgan fingerprint density at radius 3 is 2.27 bits per heavy atom. The summed E-state index contributed by atoms with van der Waals surface area (Å²) in [7, 11) is 0. The number of nitrogens with two attached hydrogens (primary N) is 1. The minimum atomic E-state index is -3.33. The third-order valence-corrected chi connectivity index (χ3v) is 9.24. The number of phenols is 1. The molecule has 0 aromatic heterocycles. The molecule has 5 rings (SSSR count). The Bertz CT molecular complexity index is 1320. The summed E-state index contributed by atoms with van der Waals surface area (Å²) in [6.45, 7) is 3.65. The van der Waals surface area contributed by atoms with E-state index in [1.54, 1.807) is 19.1 Å². The van der Waals surface area contributed by atoms with Crippen molar-refractivity contribution in [1.29, 1.82) is 0 Å². The second-order valence-corrected chi connectivity index (χ2v) is 11.2. The summed E-state index contributed by atoms with van der Waals surface area (Å²) in [6, 6.07) is 3.48. The van der Waals surface area contributed by atoms with Gasteiger partial charge < -0.3 is 36.4 Å². The zero-order valence-electron chi connectivity index (χ0n) is 20.6. The number of amides is 1. The molecule has 0 aliphatic heterocycles. The van der Waals surface area contributed by atoms with Crippen molar-refractivity contribution in [3.8, 4) is 5.75 Å². The van der Waals surface area contributed by atoms with Gasteiger partial charge in [-0.3, -0.25) is 14.4 Å². The number of phenolic OH excluding ortho intramolecular Hbond substituents is 1. The first-order chi connectivity index (χ1) is 17.2. The minimum Gasteiger partial charge on any atom is -0.508 e. The zero-order chi connectivity index (χ0) is 27.2. The number of aliphatic hydroxyl groups excluding tert-OH is 3. The van der Waals surface area contributed by atoms with Crippen LogP contribution in [0.3, 0.4) is 0 Å². The molecule has 0 saturated heterocycles. The van der Waals surface area contributed by atoms with Gasteiger partial charge in [0.25, 0.3) is 5.91 Å². The number of hydrogen-bond donors (Lipinski definition) is 7. The molecular formula is C27H31NO9. The fourth-order valence-electron chi connectivity index (χ4n) is 7.10. The quantitative estimate of drug-likeness (QED) is 0.285. The lowest BCUT2D eigenvalue weighted by Gasteiger charge is -2.55. The topological polar surface area (TPSA) is 199 Å². The molecule has 0 unspecified atom stereocenters. The second-order valence-electron chi connectivity index (χ2n) is 11.2. The molecular weight excluding hydrogens is 482 g/mol. The van der Waals surface area contributed by atoms with Crippen molar-refractivity contribution < 1.29 is 45.0 Å². The summed E-state index contributed by atoms with van der Waals surface area (Å²) in [6.07, 6.45) is 1.59. The number of rotatable bonds is 2. The third kappa shape index (κ3) is 3.00. The molecule has 2 saturated carbocycles. The van der Waals surface area contributed by atoms with Gasteiger partial charge in [0.05, 0.1) is 11.7 Å². The minimum absolute atomic E-state index is 0.0249. The molecule has 8 N–H and O–H groups in total. The van der Waals surface area contributed by atoms with E-state index in [9.17, 15) is 45.0 Å². The van der Waals surface area contributed by atoms with Crippen molar-refractivity contribution in [2.75, 3.05) is 0 Å². The van der Waals surface area contributed by atoms with Crippen LogP contribution in [0.2, 0.25) is 0 Å². The fraction of sp³-hybridized carbons (Fsp3) is 0.519. The van der Waals surface area contributed by atoms with E-state index in [1.165, 1.54) is 0 Å². The largest absolute Gasteiger partial charge is 0.508 e. The number of aromatic hydroxyl groups is 1. The zero-order valence-corrected chi connectivity index (χ0v) is 20.6. The molecule has 10 heteroatoms.